The van der Waals surface area contributed by atoms with Crippen LogP contribution < -0.4 is 4.74 Å². The quantitative estimate of drug-likeness (QED) is 0.607. The number of piperidine rings is 1. The van der Waals surface area contributed by atoms with Gasteiger partial charge in [0, 0.05) is 29.4 Å². The minimum Gasteiger partial charge on any atom is -0.494 e. The fraction of sp³-hybridized carbons (Fsp3) is 0.478. The van der Waals surface area contributed by atoms with Gasteiger partial charge in [0.1, 0.15) is 5.75 Å². The number of hydrogen-bond donors (Lipinski definition) is 0. The summed E-state index contributed by atoms with van der Waals surface area (Å²) in [6.07, 6.45) is 10.4. The summed E-state index contributed by atoms with van der Waals surface area (Å²) in [6, 6.07) is 10.5. The van der Waals surface area contributed by atoms with Crippen LogP contribution in [0.25, 0.3) is 16.9 Å². The maximum atomic E-state index is 5.99. The highest BCUT2D eigenvalue weighted by Gasteiger charge is 2.21. The Balaban J connectivity index is 1.27. The Kier molecular flexibility index (Phi) is 5.00. The van der Waals surface area contributed by atoms with E-state index in [1.54, 1.807) is 0 Å². The van der Waals surface area contributed by atoms with E-state index in [-0.39, 0.29) is 0 Å². The molecule has 0 radical (unpaired) electrons. The molecule has 3 aromatic rings. The molecule has 5 rings (SSSR count). The molecule has 0 spiro atoms. The molecule has 0 N–H and O–H groups in total. The van der Waals surface area contributed by atoms with Crippen molar-refractivity contribution in [3.8, 4) is 17.0 Å². The lowest BCUT2D eigenvalue weighted by Crippen LogP contribution is -2.31. The van der Waals surface area contributed by atoms with Gasteiger partial charge in [0.2, 0.25) is 0 Å². The summed E-state index contributed by atoms with van der Waals surface area (Å²) in [5.74, 6) is 0.949. The third-order valence-corrected chi connectivity index (χ3v) is 6.02. The molecule has 28 heavy (non-hydrogen) atoms. The SMILES string of the molecule is c1cc2nc3c(c(-c4ccc(OCCCN5CCCCC5)cc4)n2n1)CCC3. The predicted molar refractivity (Wildman–Crippen MR) is 111 cm³/mol. The van der Waals surface area contributed by atoms with Crippen molar-refractivity contribution in [3.05, 3.63) is 47.8 Å². The van der Waals surface area contributed by atoms with Gasteiger partial charge in [-0.1, -0.05) is 6.42 Å². The third kappa shape index (κ3) is 3.51. The van der Waals surface area contributed by atoms with Crippen molar-refractivity contribution in [2.45, 2.75) is 44.9 Å². The monoisotopic (exact) mass is 376 g/mol. The van der Waals surface area contributed by atoms with Crippen LogP contribution in [0.5, 0.6) is 5.75 Å². The summed E-state index contributed by atoms with van der Waals surface area (Å²) in [7, 11) is 0. The van der Waals surface area contributed by atoms with Crippen LogP contribution in [0.2, 0.25) is 0 Å². The molecular formula is C23H28N4O. The van der Waals surface area contributed by atoms with Crippen molar-refractivity contribution in [1.29, 1.82) is 0 Å². The van der Waals surface area contributed by atoms with E-state index in [1.807, 2.05) is 16.8 Å². The maximum Gasteiger partial charge on any atom is 0.155 e. The molecule has 1 fully saturated rings. The molecule has 2 aromatic heterocycles. The van der Waals surface area contributed by atoms with Gasteiger partial charge in [0.15, 0.2) is 5.65 Å². The lowest BCUT2D eigenvalue weighted by Gasteiger charge is -2.26. The molecule has 1 aliphatic carbocycles. The van der Waals surface area contributed by atoms with Gasteiger partial charge >= 0.3 is 0 Å². The first-order chi connectivity index (χ1) is 13.9. The summed E-state index contributed by atoms with van der Waals surface area (Å²) in [5, 5.41) is 4.52. The van der Waals surface area contributed by atoms with Crippen LogP contribution in [0.1, 0.15) is 43.4 Å². The number of rotatable bonds is 6. The zero-order chi connectivity index (χ0) is 18.8. The Morgan fingerprint density at radius 3 is 2.64 bits per heavy atom. The van der Waals surface area contributed by atoms with E-state index in [0.717, 1.165) is 43.8 Å². The highest BCUT2D eigenvalue weighted by molar-refractivity contribution is 5.68. The number of fused-ring (bicyclic) bond motifs is 2. The smallest absolute Gasteiger partial charge is 0.155 e. The largest absolute Gasteiger partial charge is 0.494 e. The van der Waals surface area contributed by atoms with Crippen LogP contribution in [0.4, 0.5) is 0 Å². The number of nitrogens with zero attached hydrogens (tertiary/aromatic N) is 4. The first kappa shape index (κ1) is 17.7. The lowest BCUT2D eigenvalue weighted by molar-refractivity contribution is 0.205. The molecule has 0 bridgehead atoms. The van der Waals surface area contributed by atoms with E-state index in [2.05, 4.69) is 34.3 Å². The minimum atomic E-state index is 0.782. The van der Waals surface area contributed by atoms with Crippen LogP contribution in [0.15, 0.2) is 36.5 Å². The number of benzene rings is 1. The van der Waals surface area contributed by atoms with Gasteiger partial charge in [0.05, 0.1) is 18.5 Å². The number of likely N-dealkylation sites (tertiary alicyclic amines) is 1. The molecule has 5 nitrogen and oxygen atoms in total. The van der Waals surface area contributed by atoms with Gasteiger partial charge in [-0.05, 0) is 75.9 Å². The molecular weight excluding hydrogens is 348 g/mol. The van der Waals surface area contributed by atoms with Crippen LogP contribution in [0.3, 0.4) is 0 Å². The molecule has 0 atom stereocenters. The standard InChI is InChI=1S/C23H28N4O/c1-2-14-26(15-3-1)16-5-17-28-19-10-8-18(9-11-19)23-20-6-4-7-21(20)25-22-12-13-24-27(22)23/h8-13H,1-7,14-17H2. The van der Waals surface area contributed by atoms with Crippen molar-refractivity contribution < 1.29 is 4.74 Å². The molecule has 3 heterocycles. The van der Waals surface area contributed by atoms with Gasteiger partial charge in [-0.15, -0.1) is 0 Å². The molecule has 0 unspecified atom stereocenters. The van der Waals surface area contributed by atoms with Crippen molar-refractivity contribution in [2.24, 2.45) is 0 Å². The van der Waals surface area contributed by atoms with Crippen molar-refractivity contribution in [1.82, 2.24) is 19.5 Å². The van der Waals surface area contributed by atoms with Crippen molar-refractivity contribution >= 4 is 5.65 Å². The van der Waals surface area contributed by atoms with Crippen LogP contribution in [-0.4, -0.2) is 45.7 Å². The number of aryl methyl sites for hydroxylation is 1. The van der Waals surface area contributed by atoms with E-state index in [0.29, 0.717) is 0 Å². The van der Waals surface area contributed by atoms with Gasteiger partial charge < -0.3 is 9.64 Å². The summed E-state index contributed by atoms with van der Waals surface area (Å²) < 4.78 is 7.98. The molecule has 0 amide bonds. The Bertz CT molecular complexity index is 941. The topological polar surface area (TPSA) is 42.7 Å². The number of hydrogen-bond acceptors (Lipinski definition) is 4. The van der Waals surface area contributed by atoms with Gasteiger partial charge in [0.25, 0.3) is 0 Å². The van der Waals surface area contributed by atoms with E-state index < -0.39 is 0 Å². The summed E-state index contributed by atoms with van der Waals surface area (Å²) in [6.45, 7) is 4.45. The van der Waals surface area contributed by atoms with E-state index in [4.69, 9.17) is 9.72 Å². The van der Waals surface area contributed by atoms with E-state index in [9.17, 15) is 0 Å². The van der Waals surface area contributed by atoms with Crippen molar-refractivity contribution in [2.75, 3.05) is 26.2 Å². The molecule has 0 saturated carbocycles. The summed E-state index contributed by atoms with van der Waals surface area (Å²) >= 11 is 0. The number of ether oxygens (including phenoxy) is 1. The van der Waals surface area contributed by atoms with Gasteiger partial charge in [-0.3, -0.25) is 0 Å². The second kappa shape index (κ2) is 7.92. The average molecular weight is 377 g/mol. The Hall–Kier alpha value is -2.40. The first-order valence-corrected chi connectivity index (χ1v) is 10.7. The van der Waals surface area contributed by atoms with Gasteiger partial charge in [-0.2, -0.15) is 5.10 Å². The Morgan fingerprint density at radius 1 is 0.929 bits per heavy atom. The van der Waals surface area contributed by atoms with Crippen LogP contribution in [-0.2, 0) is 12.8 Å². The van der Waals surface area contributed by atoms with Crippen LogP contribution in [0, 0.1) is 0 Å². The molecule has 2 aliphatic rings. The molecule has 146 valence electrons. The zero-order valence-electron chi connectivity index (χ0n) is 16.4. The number of aromatic nitrogens is 3. The van der Waals surface area contributed by atoms with E-state index in [1.165, 1.54) is 61.3 Å². The Labute approximate surface area is 166 Å². The van der Waals surface area contributed by atoms with Gasteiger partial charge in [-0.25, -0.2) is 9.50 Å². The van der Waals surface area contributed by atoms with E-state index >= 15 is 0 Å². The average Bonchev–Trinajstić information content (AvgIpc) is 3.40. The minimum absolute atomic E-state index is 0.782. The maximum absolute atomic E-state index is 5.99. The summed E-state index contributed by atoms with van der Waals surface area (Å²) in [5.41, 5.74) is 5.91. The molecule has 1 aromatic carbocycles. The molecule has 1 aliphatic heterocycles. The predicted octanol–water partition coefficient (Wildman–Crippen LogP) is 4.14. The second-order valence-electron chi connectivity index (χ2n) is 7.97. The fourth-order valence-electron chi connectivity index (χ4n) is 4.59. The molecule has 1 saturated heterocycles. The third-order valence-electron chi connectivity index (χ3n) is 6.02. The summed E-state index contributed by atoms with van der Waals surface area (Å²) in [4.78, 5) is 7.34. The molecule has 5 heteroatoms. The second-order valence-corrected chi connectivity index (χ2v) is 7.97. The van der Waals surface area contributed by atoms with Crippen LogP contribution >= 0.6 is 0 Å². The fourth-order valence-corrected chi connectivity index (χ4v) is 4.59. The zero-order valence-corrected chi connectivity index (χ0v) is 16.4. The van der Waals surface area contributed by atoms with Crippen molar-refractivity contribution in [3.63, 3.8) is 0 Å². The Morgan fingerprint density at radius 2 is 1.79 bits per heavy atom. The highest BCUT2D eigenvalue weighted by Crippen LogP contribution is 2.32. The normalized spacial score (nSPS) is 17.1. The first-order valence-electron chi connectivity index (χ1n) is 10.7. The highest BCUT2D eigenvalue weighted by atomic mass is 16.5. The lowest BCUT2D eigenvalue weighted by atomic mass is 10.0.